The Hall–Kier alpha value is -1.82. The van der Waals surface area contributed by atoms with Crippen molar-refractivity contribution in [1.29, 1.82) is 0 Å². The van der Waals surface area contributed by atoms with Gasteiger partial charge < -0.3 is 9.47 Å². The van der Waals surface area contributed by atoms with E-state index in [9.17, 15) is 9.18 Å². The molecule has 178 valence electrons. The number of halogens is 3. The monoisotopic (exact) mass is 493 g/mol. The number of carbonyl (C=O) groups excluding carboxylic acids is 1. The van der Waals surface area contributed by atoms with Crippen molar-refractivity contribution in [3.05, 3.63) is 62.9 Å². The van der Waals surface area contributed by atoms with Crippen molar-refractivity contribution in [2.75, 3.05) is 13.1 Å². The molecule has 33 heavy (non-hydrogen) atoms. The molecule has 0 aromatic heterocycles. The molecule has 0 bridgehead atoms. The van der Waals surface area contributed by atoms with Crippen molar-refractivity contribution >= 4 is 29.2 Å². The van der Waals surface area contributed by atoms with E-state index in [-0.39, 0.29) is 11.7 Å². The van der Waals surface area contributed by atoms with Gasteiger partial charge in [0, 0.05) is 23.1 Å². The van der Waals surface area contributed by atoms with Gasteiger partial charge in [0.2, 0.25) is 0 Å². The standard InChI is InChI=1S/C26H30Cl2FNO3/c1-26(2,3)33-25(31)23-13-22(16-6-7-16)17(9-24(23)29)14-30-8-4-5-20(15-30)32-21-11-18(27)10-19(28)12-21/h9-13,16,20H,4-8,14-15H2,1-3H3. The first-order chi connectivity index (χ1) is 15.6. The van der Waals surface area contributed by atoms with Crippen molar-refractivity contribution < 1.29 is 18.7 Å². The highest BCUT2D eigenvalue weighted by molar-refractivity contribution is 6.34. The summed E-state index contributed by atoms with van der Waals surface area (Å²) >= 11 is 12.2. The molecule has 1 aliphatic carbocycles. The number of benzene rings is 2. The minimum Gasteiger partial charge on any atom is -0.489 e. The van der Waals surface area contributed by atoms with Gasteiger partial charge in [-0.05, 0) is 100 Å². The molecule has 0 spiro atoms. The Morgan fingerprint density at radius 1 is 1.09 bits per heavy atom. The summed E-state index contributed by atoms with van der Waals surface area (Å²) in [5, 5.41) is 1.08. The van der Waals surface area contributed by atoms with Gasteiger partial charge in [0.1, 0.15) is 23.3 Å². The predicted octanol–water partition coefficient (Wildman–Crippen LogP) is 7.01. The smallest absolute Gasteiger partial charge is 0.341 e. The topological polar surface area (TPSA) is 38.8 Å². The average Bonchev–Trinajstić information content (AvgIpc) is 3.51. The number of carbonyl (C=O) groups is 1. The van der Waals surface area contributed by atoms with Crippen molar-refractivity contribution in [3.8, 4) is 5.75 Å². The first kappa shape index (κ1) is 24.3. The van der Waals surface area contributed by atoms with E-state index in [0.717, 1.165) is 49.9 Å². The third kappa shape index (κ3) is 6.62. The SMILES string of the molecule is CC(C)(C)OC(=O)c1cc(C2CC2)c(CN2CCCC(Oc3cc(Cl)cc(Cl)c3)C2)cc1F. The Morgan fingerprint density at radius 3 is 2.42 bits per heavy atom. The molecule has 2 aliphatic rings. The van der Waals surface area contributed by atoms with Crippen LogP contribution in [-0.4, -0.2) is 35.7 Å². The number of ether oxygens (including phenoxy) is 2. The van der Waals surface area contributed by atoms with E-state index in [4.69, 9.17) is 32.7 Å². The van der Waals surface area contributed by atoms with Crippen LogP contribution in [0.2, 0.25) is 10.0 Å². The first-order valence-electron chi connectivity index (χ1n) is 11.5. The molecular formula is C26H30Cl2FNO3. The lowest BCUT2D eigenvalue weighted by molar-refractivity contribution is 0.00645. The molecular weight excluding hydrogens is 464 g/mol. The highest BCUT2D eigenvalue weighted by Gasteiger charge is 2.31. The lowest BCUT2D eigenvalue weighted by atomic mass is 9.97. The van der Waals surface area contributed by atoms with E-state index in [2.05, 4.69) is 4.90 Å². The summed E-state index contributed by atoms with van der Waals surface area (Å²) in [5.41, 5.74) is 1.35. The van der Waals surface area contributed by atoms with Gasteiger partial charge in [0.25, 0.3) is 0 Å². The molecule has 2 aromatic carbocycles. The highest BCUT2D eigenvalue weighted by atomic mass is 35.5. The molecule has 0 radical (unpaired) electrons. The van der Waals surface area contributed by atoms with Gasteiger partial charge >= 0.3 is 5.97 Å². The van der Waals surface area contributed by atoms with Crippen molar-refractivity contribution in [2.24, 2.45) is 0 Å². The molecule has 0 N–H and O–H groups in total. The zero-order chi connectivity index (χ0) is 23.8. The molecule has 0 amide bonds. The van der Waals surface area contributed by atoms with Gasteiger partial charge in [-0.3, -0.25) is 4.90 Å². The molecule has 1 aliphatic heterocycles. The maximum atomic E-state index is 15.0. The van der Waals surface area contributed by atoms with Gasteiger partial charge in [-0.25, -0.2) is 9.18 Å². The van der Waals surface area contributed by atoms with Crippen LogP contribution in [-0.2, 0) is 11.3 Å². The second-order valence-corrected chi connectivity index (χ2v) is 10.9. The van der Waals surface area contributed by atoms with Gasteiger partial charge in [-0.1, -0.05) is 23.2 Å². The fourth-order valence-corrected chi connectivity index (χ4v) is 4.82. The fourth-order valence-electron chi connectivity index (χ4n) is 4.31. The van der Waals surface area contributed by atoms with E-state index in [1.807, 2.05) is 0 Å². The summed E-state index contributed by atoms with van der Waals surface area (Å²) in [6.45, 7) is 7.61. The largest absolute Gasteiger partial charge is 0.489 e. The van der Waals surface area contributed by atoms with E-state index < -0.39 is 17.4 Å². The molecule has 1 unspecified atom stereocenters. The van der Waals surface area contributed by atoms with Crippen LogP contribution in [0.3, 0.4) is 0 Å². The summed E-state index contributed by atoms with van der Waals surface area (Å²) < 4.78 is 26.5. The number of esters is 1. The third-order valence-electron chi connectivity index (χ3n) is 5.86. The van der Waals surface area contributed by atoms with Gasteiger partial charge in [-0.2, -0.15) is 0 Å². The second kappa shape index (κ2) is 9.81. The molecule has 2 aromatic rings. The van der Waals surface area contributed by atoms with Crippen LogP contribution in [0.15, 0.2) is 30.3 Å². The van der Waals surface area contributed by atoms with Crippen LogP contribution in [0, 0.1) is 5.82 Å². The zero-order valence-corrected chi connectivity index (χ0v) is 20.8. The number of piperidine rings is 1. The summed E-state index contributed by atoms with van der Waals surface area (Å²) in [7, 11) is 0. The Kier molecular flexibility index (Phi) is 7.23. The molecule has 1 saturated carbocycles. The van der Waals surface area contributed by atoms with E-state index in [1.54, 1.807) is 45.0 Å². The first-order valence-corrected chi connectivity index (χ1v) is 12.2. The van der Waals surface area contributed by atoms with E-state index in [1.165, 1.54) is 6.07 Å². The molecule has 1 atom stereocenters. The van der Waals surface area contributed by atoms with Gasteiger partial charge in [-0.15, -0.1) is 0 Å². The van der Waals surface area contributed by atoms with E-state index >= 15 is 0 Å². The van der Waals surface area contributed by atoms with Crippen LogP contribution in [0.5, 0.6) is 5.75 Å². The Morgan fingerprint density at radius 2 is 1.79 bits per heavy atom. The van der Waals surface area contributed by atoms with Crippen LogP contribution < -0.4 is 4.74 Å². The molecule has 2 fully saturated rings. The van der Waals surface area contributed by atoms with Crippen LogP contribution >= 0.6 is 23.2 Å². The molecule has 4 nitrogen and oxygen atoms in total. The molecule has 1 heterocycles. The maximum Gasteiger partial charge on any atom is 0.341 e. The summed E-state index contributed by atoms with van der Waals surface area (Å²) in [4.78, 5) is 14.8. The summed E-state index contributed by atoms with van der Waals surface area (Å²) in [6, 6.07) is 8.44. The third-order valence-corrected chi connectivity index (χ3v) is 6.30. The van der Waals surface area contributed by atoms with Crippen molar-refractivity contribution in [3.63, 3.8) is 0 Å². The summed E-state index contributed by atoms with van der Waals surface area (Å²) in [5.74, 6) is -0.0971. The predicted molar refractivity (Wildman–Crippen MR) is 129 cm³/mol. The van der Waals surface area contributed by atoms with Crippen LogP contribution in [0.1, 0.15) is 73.9 Å². The number of rotatable bonds is 6. The second-order valence-electron chi connectivity index (χ2n) is 10.0. The Bertz CT molecular complexity index is 1010. The number of hydrogen-bond acceptors (Lipinski definition) is 4. The van der Waals surface area contributed by atoms with Crippen LogP contribution in [0.4, 0.5) is 4.39 Å². The highest BCUT2D eigenvalue weighted by Crippen LogP contribution is 2.43. The molecule has 1 saturated heterocycles. The normalized spacial score (nSPS) is 19.4. The van der Waals surface area contributed by atoms with Gasteiger partial charge in [0.05, 0.1) is 5.56 Å². The zero-order valence-electron chi connectivity index (χ0n) is 19.3. The van der Waals surface area contributed by atoms with Crippen LogP contribution in [0.25, 0.3) is 0 Å². The minimum atomic E-state index is -0.669. The average molecular weight is 494 g/mol. The summed E-state index contributed by atoms with van der Waals surface area (Å²) in [6.07, 6.45) is 4.04. The van der Waals surface area contributed by atoms with E-state index in [0.29, 0.717) is 28.3 Å². The quantitative estimate of drug-likeness (QED) is 0.405. The lowest BCUT2D eigenvalue weighted by Crippen LogP contribution is -2.40. The van der Waals surface area contributed by atoms with Crippen molar-refractivity contribution in [1.82, 2.24) is 4.90 Å². The van der Waals surface area contributed by atoms with Gasteiger partial charge in [0.15, 0.2) is 0 Å². The molecule has 7 heteroatoms. The minimum absolute atomic E-state index is 0.00328. The number of nitrogens with zero attached hydrogens (tertiary/aromatic N) is 1. The Labute approximate surface area is 205 Å². The Balaban J connectivity index is 1.48. The fraction of sp³-hybridized carbons (Fsp3) is 0.500. The molecule has 4 rings (SSSR count). The lowest BCUT2D eigenvalue weighted by Gasteiger charge is -2.33. The van der Waals surface area contributed by atoms with Crippen molar-refractivity contribution in [2.45, 2.75) is 70.6 Å². The maximum absolute atomic E-state index is 15.0. The number of likely N-dealkylation sites (tertiary alicyclic amines) is 1. The number of hydrogen-bond donors (Lipinski definition) is 0.